The lowest BCUT2D eigenvalue weighted by atomic mass is 10.1. The Balaban J connectivity index is 1.95. The number of nitrogens with one attached hydrogen (secondary N) is 1. The van der Waals surface area contributed by atoms with E-state index in [1.54, 1.807) is 12.1 Å². The first-order valence-electron chi connectivity index (χ1n) is 5.45. The zero-order chi connectivity index (χ0) is 12.3. The van der Waals surface area contributed by atoms with Crippen molar-refractivity contribution in [3.8, 4) is 0 Å². The van der Waals surface area contributed by atoms with Crippen molar-refractivity contribution in [3.05, 3.63) is 35.6 Å². The molecule has 17 heavy (non-hydrogen) atoms. The number of piperazine rings is 1. The van der Waals surface area contributed by atoms with Gasteiger partial charge in [0, 0.05) is 6.54 Å². The van der Waals surface area contributed by atoms with Crippen molar-refractivity contribution >= 4 is 11.8 Å². The number of carbonyl (C=O) groups excluding carboxylic acids is 2. The average Bonchev–Trinajstić information content (AvgIpc) is 2.31. The molecular weight excluding hydrogens is 223 g/mol. The summed E-state index contributed by atoms with van der Waals surface area (Å²) in [6.45, 7) is 0.759. The van der Waals surface area contributed by atoms with Crippen LogP contribution < -0.4 is 5.32 Å². The number of hydrogen-bond donors (Lipinski definition) is 1. The number of imide groups is 1. The van der Waals surface area contributed by atoms with E-state index in [-0.39, 0.29) is 30.7 Å². The van der Waals surface area contributed by atoms with Crippen molar-refractivity contribution in [2.75, 3.05) is 19.6 Å². The predicted octanol–water partition coefficient (Wildman–Crippen LogP) is 0.327. The van der Waals surface area contributed by atoms with Crippen LogP contribution in [0.25, 0.3) is 0 Å². The second-order valence-electron chi connectivity index (χ2n) is 3.92. The molecule has 2 amide bonds. The summed E-state index contributed by atoms with van der Waals surface area (Å²) < 4.78 is 12.7. The molecule has 0 aromatic heterocycles. The lowest BCUT2D eigenvalue weighted by Gasteiger charge is -2.25. The molecule has 0 unspecified atom stereocenters. The summed E-state index contributed by atoms with van der Waals surface area (Å²) in [5.74, 6) is -0.699. The SMILES string of the molecule is O=C1CNCC(=O)N1CCc1ccc(F)cc1. The van der Waals surface area contributed by atoms with E-state index in [1.807, 2.05) is 0 Å². The van der Waals surface area contributed by atoms with E-state index >= 15 is 0 Å². The molecule has 1 aliphatic heterocycles. The third-order valence-corrected chi connectivity index (χ3v) is 2.69. The summed E-state index contributed by atoms with van der Waals surface area (Å²) in [7, 11) is 0. The van der Waals surface area contributed by atoms with E-state index < -0.39 is 0 Å². The quantitative estimate of drug-likeness (QED) is 0.769. The van der Waals surface area contributed by atoms with Crippen molar-refractivity contribution in [3.63, 3.8) is 0 Å². The standard InChI is InChI=1S/C12H13FN2O2/c13-10-3-1-9(2-4-10)5-6-15-11(16)7-14-8-12(15)17/h1-4,14H,5-8H2. The number of halogens is 1. The van der Waals surface area contributed by atoms with Crippen LogP contribution in [-0.2, 0) is 16.0 Å². The van der Waals surface area contributed by atoms with Crippen molar-refractivity contribution in [2.24, 2.45) is 0 Å². The van der Waals surface area contributed by atoms with E-state index in [1.165, 1.54) is 17.0 Å². The maximum Gasteiger partial charge on any atom is 0.243 e. The summed E-state index contributed by atoms with van der Waals surface area (Å²) in [5.41, 5.74) is 0.908. The van der Waals surface area contributed by atoms with E-state index in [9.17, 15) is 14.0 Å². The fourth-order valence-corrected chi connectivity index (χ4v) is 1.75. The van der Waals surface area contributed by atoms with E-state index in [4.69, 9.17) is 0 Å². The highest BCUT2D eigenvalue weighted by molar-refractivity contribution is 5.99. The topological polar surface area (TPSA) is 49.4 Å². The monoisotopic (exact) mass is 236 g/mol. The number of benzene rings is 1. The van der Waals surface area contributed by atoms with Crippen LogP contribution in [0.2, 0.25) is 0 Å². The largest absolute Gasteiger partial charge is 0.300 e. The Morgan fingerprint density at radius 3 is 2.29 bits per heavy atom. The number of rotatable bonds is 3. The maximum atomic E-state index is 12.7. The number of amides is 2. The fourth-order valence-electron chi connectivity index (χ4n) is 1.75. The zero-order valence-electron chi connectivity index (χ0n) is 9.28. The second-order valence-corrected chi connectivity index (χ2v) is 3.92. The van der Waals surface area contributed by atoms with Crippen LogP contribution in [0.4, 0.5) is 4.39 Å². The molecule has 90 valence electrons. The summed E-state index contributed by atoms with van der Waals surface area (Å²) >= 11 is 0. The highest BCUT2D eigenvalue weighted by Gasteiger charge is 2.24. The van der Waals surface area contributed by atoms with Crippen LogP contribution in [0.1, 0.15) is 5.56 Å². The maximum absolute atomic E-state index is 12.7. The van der Waals surface area contributed by atoms with Crippen LogP contribution in [0, 0.1) is 5.82 Å². The molecule has 0 bridgehead atoms. The summed E-state index contributed by atoms with van der Waals surface area (Å²) in [6.07, 6.45) is 0.553. The number of nitrogens with zero attached hydrogens (tertiary/aromatic N) is 1. The van der Waals surface area contributed by atoms with Gasteiger partial charge in [-0.3, -0.25) is 19.8 Å². The van der Waals surface area contributed by atoms with E-state index in [2.05, 4.69) is 5.32 Å². The number of carbonyl (C=O) groups is 2. The molecule has 2 rings (SSSR count). The Bertz CT molecular complexity index is 415. The van der Waals surface area contributed by atoms with Gasteiger partial charge in [0.15, 0.2) is 0 Å². The van der Waals surface area contributed by atoms with E-state index in [0.717, 1.165) is 5.56 Å². The number of hydrogen-bond acceptors (Lipinski definition) is 3. The Kier molecular flexibility index (Phi) is 3.49. The Morgan fingerprint density at radius 2 is 1.71 bits per heavy atom. The Labute approximate surface area is 98.4 Å². The average molecular weight is 236 g/mol. The fraction of sp³-hybridized carbons (Fsp3) is 0.333. The third-order valence-electron chi connectivity index (χ3n) is 2.69. The van der Waals surface area contributed by atoms with Gasteiger partial charge in [0.25, 0.3) is 0 Å². The molecule has 0 spiro atoms. The minimum Gasteiger partial charge on any atom is -0.300 e. The van der Waals surface area contributed by atoms with Gasteiger partial charge in [-0.2, -0.15) is 0 Å². The van der Waals surface area contributed by atoms with Crippen molar-refractivity contribution in [2.45, 2.75) is 6.42 Å². The molecule has 1 aliphatic rings. The first-order valence-corrected chi connectivity index (χ1v) is 5.45. The second kappa shape index (κ2) is 5.05. The highest BCUT2D eigenvalue weighted by Crippen LogP contribution is 2.06. The van der Waals surface area contributed by atoms with Gasteiger partial charge in [-0.15, -0.1) is 0 Å². The minimum atomic E-state index is -0.289. The molecule has 5 heteroatoms. The van der Waals surface area contributed by atoms with Gasteiger partial charge in [-0.05, 0) is 24.1 Å². The van der Waals surface area contributed by atoms with Crippen LogP contribution >= 0.6 is 0 Å². The van der Waals surface area contributed by atoms with Crippen molar-refractivity contribution in [1.82, 2.24) is 10.2 Å². The lowest BCUT2D eigenvalue weighted by Crippen LogP contribution is -2.52. The van der Waals surface area contributed by atoms with Gasteiger partial charge in [0.1, 0.15) is 5.82 Å². The summed E-state index contributed by atoms with van der Waals surface area (Å²) in [5, 5.41) is 2.73. The first kappa shape index (κ1) is 11.7. The van der Waals surface area contributed by atoms with Crippen LogP contribution in [0.5, 0.6) is 0 Å². The summed E-state index contributed by atoms with van der Waals surface area (Å²) in [4.78, 5) is 24.2. The predicted molar refractivity (Wildman–Crippen MR) is 59.7 cm³/mol. The highest BCUT2D eigenvalue weighted by atomic mass is 19.1. The molecule has 1 heterocycles. The molecule has 0 radical (unpaired) electrons. The smallest absolute Gasteiger partial charge is 0.243 e. The molecule has 0 aliphatic carbocycles. The minimum absolute atomic E-state index is 0.204. The molecule has 1 aromatic carbocycles. The van der Waals surface area contributed by atoms with Gasteiger partial charge in [-0.1, -0.05) is 12.1 Å². The molecule has 0 saturated carbocycles. The van der Waals surface area contributed by atoms with Crippen molar-refractivity contribution in [1.29, 1.82) is 0 Å². The van der Waals surface area contributed by atoms with Gasteiger partial charge in [-0.25, -0.2) is 4.39 Å². The summed E-state index contributed by atoms with van der Waals surface area (Å²) in [6, 6.07) is 6.06. The normalized spacial score (nSPS) is 16.4. The molecule has 1 fully saturated rings. The van der Waals surface area contributed by atoms with Gasteiger partial charge in [0.2, 0.25) is 11.8 Å². The molecule has 4 nitrogen and oxygen atoms in total. The molecule has 1 aromatic rings. The Hall–Kier alpha value is -1.75. The van der Waals surface area contributed by atoms with Gasteiger partial charge < -0.3 is 0 Å². The van der Waals surface area contributed by atoms with Gasteiger partial charge in [0.05, 0.1) is 13.1 Å². The molecule has 1 saturated heterocycles. The molecule has 0 atom stereocenters. The van der Waals surface area contributed by atoms with Crippen molar-refractivity contribution < 1.29 is 14.0 Å². The Morgan fingerprint density at radius 1 is 1.12 bits per heavy atom. The lowest BCUT2D eigenvalue weighted by molar-refractivity contribution is -0.146. The van der Waals surface area contributed by atoms with E-state index in [0.29, 0.717) is 13.0 Å². The van der Waals surface area contributed by atoms with Crippen LogP contribution in [-0.4, -0.2) is 36.3 Å². The van der Waals surface area contributed by atoms with Crippen LogP contribution in [0.15, 0.2) is 24.3 Å². The molecule has 1 N–H and O–H groups in total. The zero-order valence-corrected chi connectivity index (χ0v) is 9.28. The molecular formula is C12H13FN2O2. The third kappa shape index (κ3) is 2.88. The first-order chi connectivity index (χ1) is 8.16. The van der Waals surface area contributed by atoms with Crippen LogP contribution in [0.3, 0.4) is 0 Å². The van der Waals surface area contributed by atoms with Gasteiger partial charge >= 0.3 is 0 Å².